The Balaban J connectivity index is 1.58. The van der Waals surface area contributed by atoms with Crippen molar-refractivity contribution < 1.29 is 22.7 Å². The highest BCUT2D eigenvalue weighted by Gasteiger charge is 2.26. The Hall–Kier alpha value is -2.42. The number of fused-ring (bicyclic) bond motifs is 1. The summed E-state index contributed by atoms with van der Waals surface area (Å²) in [5.41, 5.74) is 3.81. The second-order valence-electron chi connectivity index (χ2n) is 7.99. The predicted molar refractivity (Wildman–Crippen MR) is 117 cm³/mol. The SMILES string of the molecule is COc1ccc(S(=O)(=O)N[C@H](C)c2ccc3c(c2)CCC3)cc1C(=O)N1CCOCC1. The highest BCUT2D eigenvalue weighted by Crippen LogP contribution is 2.28. The molecule has 1 heterocycles. The summed E-state index contributed by atoms with van der Waals surface area (Å²) in [6, 6.07) is 10.2. The summed E-state index contributed by atoms with van der Waals surface area (Å²) in [5, 5.41) is 0. The fourth-order valence-corrected chi connectivity index (χ4v) is 5.45. The number of rotatable bonds is 6. The van der Waals surface area contributed by atoms with Gasteiger partial charge < -0.3 is 14.4 Å². The summed E-state index contributed by atoms with van der Waals surface area (Å²) < 4.78 is 39.6. The Morgan fingerprint density at radius 1 is 1.10 bits per heavy atom. The van der Waals surface area contributed by atoms with Crippen LogP contribution in [0.2, 0.25) is 0 Å². The van der Waals surface area contributed by atoms with Crippen molar-refractivity contribution in [2.75, 3.05) is 33.4 Å². The maximum absolute atomic E-state index is 13.1. The molecule has 0 saturated carbocycles. The van der Waals surface area contributed by atoms with Gasteiger partial charge in [-0.2, -0.15) is 0 Å². The quantitative estimate of drug-likeness (QED) is 0.741. The van der Waals surface area contributed by atoms with Gasteiger partial charge in [-0.05, 0) is 61.1 Å². The number of carbonyl (C=O) groups is 1. The van der Waals surface area contributed by atoms with E-state index in [-0.39, 0.29) is 16.4 Å². The maximum atomic E-state index is 13.1. The van der Waals surface area contributed by atoms with Gasteiger partial charge in [-0.1, -0.05) is 18.2 Å². The summed E-state index contributed by atoms with van der Waals surface area (Å²) in [4.78, 5) is 14.7. The number of nitrogens with zero attached hydrogens (tertiary/aromatic N) is 1. The molecule has 0 radical (unpaired) electrons. The number of amides is 1. The van der Waals surface area contributed by atoms with Gasteiger partial charge in [0.2, 0.25) is 10.0 Å². The molecule has 2 aromatic carbocycles. The summed E-state index contributed by atoms with van der Waals surface area (Å²) in [6.07, 6.45) is 3.26. The molecule has 1 saturated heterocycles. The van der Waals surface area contributed by atoms with Crippen LogP contribution in [-0.2, 0) is 27.6 Å². The van der Waals surface area contributed by atoms with Gasteiger partial charge in [0, 0.05) is 19.1 Å². The molecule has 31 heavy (non-hydrogen) atoms. The molecule has 1 aliphatic heterocycles. The van der Waals surface area contributed by atoms with Gasteiger partial charge in [0.15, 0.2) is 0 Å². The summed E-state index contributed by atoms with van der Waals surface area (Å²) >= 11 is 0. The van der Waals surface area contributed by atoms with E-state index in [1.807, 2.05) is 13.0 Å². The molecule has 1 atom stereocenters. The Bertz CT molecular complexity index is 1080. The highest BCUT2D eigenvalue weighted by atomic mass is 32.2. The molecule has 1 aliphatic carbocycles. The van der Waals surface area contributed by atoms with Crippen molar-refractivity contribution in [2.24, 2.45) is 0 Å². The van der Waals surface area contributed by atoms with Crippen LogP contribution in [0.5, 0.6) is 5.75 Å². The molecule has 1 fully saturated rings. The van der Waals surface area contributed by atoms with Gasteiger partial charge in [-0.3, -0.25) is 4.79 Å². The van der Waals surface area contributed by atoms with Gasteiger partial charge in [0.25, 0.3) is 5.91 Å². The number of carbonyl (C=O) groups excluding carboxylic acids is 1. The van der Waals surface area contributed by atoms with Gasteiger partial charge in [0.05, 0.1) is 30.8 Å². The van der Waals surface area contributed by atoms with Crippen LogP contribution in [-0.4, -0.2) is 52.6 Å². The first-order valence-electron chi connectivity index (χ1n) is 10.6. The number of sulfonamides is 1. The number of benzene rings is 2. The predicted octanol–water partition coefficient (Wildman–Crippen LogP) is 2.70. The summed E-state index contributed by atoms with van der Waals surface area (Å²) in [7, 11) is -2.37. The lowest BCUT2D eigenvalue weighted by Crippen LogP contribution is -2.40. The van der Waals surface area contributed by atoms with E-state index >= 15 is 0 Å². The van der Waals surface area contributed by atoms with Crippen LogP contribution in [0.1, 0.15) is 46.4 Å². The summed E-state index contributed by atoms with van der Waals surface area (Å²) in [6.45, 7) is 3.69. The molecule has 0 spiro atoms. The van der Waals surface area contributed by atoms with E-state index in [0.717, 1.165) is 24.8 Å². The van der Waals surface area contributed by atoms with E-state index in [0.29, 0.717) is 32.1 Å². The molecule has 4 rings (SSSR count). The Morgan fingerprint density at radius 3 is 2.58 bits per heavy atom. The van der Waals surface area contributed by atoms with E-state index in [9.17, 15) is 13.2 Å². The zero-order valence-electron chi connectivity index (χ0n) is 17.9. The minimum Gasteiger partial charge on any atom is -0.496 e. The molecule has 1 N–H and O–H groups in total. The van der Waals surface area contributed by atoms with Crippen molar-refractivity contribution in [3.05, 3.63) is 58.7 Å². The highest BCUT2D eigenvalue weighted by molar-refractivity contribution is 7.89. The maximum Gasteiger partial charge on any atom is 0.257 e. The zero-order valence-corrected chi connectivity index (χ0v) is 18.7. The summed E-state index contributed by atoms with van der Waals surface area (Å²) in [5.74, 6) is 0.0889. The number of hydrogen-bond donors (Lipinski definition) is 1. The second-order valence-corrected chi connectivity index (χ2v) is 9.71. The molecule has 2 aromatic rings. The van der Waals surface area contributed by atoms with Gasteiger partial charge in [-0.25, -0.2) is 13.1 Å². The molecule has 0 aromatic heterocycles. The number of morpholine rings is 1. The van der Waals surface area contributed by atoms with E-state index in [1.165, 1.54) is 36.4 Å². The lowest BCUT2D eigenvalue weighted by atomic mass is 10.0. The van der Waals surface area contributed by atoms with Crippen molar-refractivity contribution in [1.82, 2.24) is 9.62 Å². The topological polar surface area (TPSA) is 84.9 Å². The number of nitrogens with one attached hydrogen (secondary N) is 1. The number of hydrogen-bond acceptors (Lipinski definition) is 5. The second kappa shape index (κ2) is 8.98. The third-order valence-corrected chi connectivity index (χ3v) is 7.50. The molecular formula is C23H28N2O5S. The Kier molecular flexibility index (Phi) is 6.31. The largest absolute Gasteiger partial charge is 0.496 e. The average molecular weight is 445 g/mol. The molecule has 8 heteroatoms. The number of ether oxygens (including phenoxy) is 2. The van der Waals surface area contributed by atoms with Crippen LogP contribution in [0.4, 0.5) is 0 Å². The lowest BCUT2D eigenvalue weighted by Gasteiger charge is -2.27. The van der Waals surface area contributed by atoms with E-state index in [2.05, 4.69) is 16.9 Å². The first kappa shape index (κ1) is 21.8. The van der Waals surface area contributed by atoms with E-state index in [4.69, 9.17) is 9.47 Å². The standard InChI is InChI=1S/C23H28N2O5S/c1-16(18-7-6-17-4-3-5-19(17)14-18)24-31(27,28)20-8-9-22(29-2)21(15-20)23(26)25-10-12-30-13-11-25/h6-9,14-16,24H,3-5,10-13H2,1-2H3/t16-/m1/s1. The monoisotopic (exact) mass is 444 g/mol. The van der Waals surface area contributed by atoms with Crippen LogP contribution in [0.25, 0.3) is 0 Å². The van der Waals surface area contributed by atoms with Crippen LogP contribution in [0.3, 0.4) is 0 Å². The molecule has 7 nitrogen and oxygen atoms in total. The minimum absolute atomic E-state index is 0.0397. The third kappa shape index (κ3) is 4.61. The van der Waals surface area contributed by atoms with Gasteiger partial charge in [0.1, 0.15) is 5.75 Å². The Labute approximate surface area is 183 Å². The van der Waals surface area contributed by atoms with E-state index < -0.39 is 16.1 Å². The van der Waals surface area contributed by atoms with Crippen LogP contribution >= 0.6 is 0 Å². The molecule has 1 amide bonds. The van der Waals surface area contributed by atoms with Gasteiger partial charge >= 0.3 is 0 Å². The molecule has 0 unspecified atom stereocenters. The van der Waals surface area contributed by atoms with Crippen LogP contribution in [0.15, 0.2) is 41.3 Å². The zero-order chi connectivity index (χ0) is 22.0. The van der Waals surface area contributed by atoms with Gasteiger partial charge in [-0.15, -0.1) is 0 Å². The van der Waals surface area contributed by atoms with Crippen LogP contribution < -0.4 is 9.46 Å². The number of methoxy groups -OCH3 is 1. The lowest BCUT2D eigenvalue weighted by molar-refractivity contribution is 0.0300. The van der Waals surface area contributed by atoms with E-state index in [1.54, 1.807) is 4.90 Å². The van der Waals surface area contributed by atoms with Crippen molar-refractivity contribution in [2.45, 2.75) is 37.1 Å². The first-order valence-corrected chi connectivity index (χ1v) is 12.1. The normalized spacial score (nSPS) is 17.3. The third-order valence-electron chi connectivity index (χ3n) is 5.96. The fraction of sp³-hybridized carbons (Fsp3) is 0.435. The van der Waals surface area contributed by atoms with Crippen molar-refractivity contribution in [1.29, 1.82) is 0 Å². The van der Waals surface area contributed by atoms with Crippen molar-refractivity contribution in [3.63, 3.8) is 0 Å². The van der Waals surface area contributed by atoms with Crippen molar-refractivity contribution in [3.8, 4) is 5.75 Å². The molecule has 166 valence electrons. The first-order chi connectivity index (χ1) is 14.9. The molecular weight excluding hydrogens is 416 g/mol. The van der Waals surface area contributed by atoms with Crippen molar-refractivity contribution >= 4 is 15.9 Å². The smallest absolute Gasteiger partial charge is 0.257 e. The number of aryl methyl sites for hydroxylation is 2. The average Bonchev–Trinajstić information content (AvgIpc) is 3.26. The van der Waals surface area contributed by atoms with Crippen LogP contribution in [0, 0.1) is 0 Å². The minimum atomic E-state index is -3.83. The fourth-order valence-electron chi connectivity index (χ4n) is 4.19. The molecule has 2 aliphatic rings. The Morgan fingerprint density at radius 2 is 1.84 bits per heavy atom. The molecule has 0 bridgehead atoms.